The molecule has 0 bridgehead atoms. The van der Waals surface area contributed by atoms with Crippen LogP contribution < -0.4 is 5.32 Å². The fraction of sp³-hybridized carbons (Fsp3) is 0.769. The first-order chi connectivity index (χ1) is 8.58. The quantitative estimate of drug-likeness (QED) is 0.839. The summed E-state index contributed by atoms with van der Waals surface area (Å²) in [6, 6.07) is 0. The van der Waals surface area contributed by atoms with Gasteiger partial charge in [0.05, 0.1) is 12.7 Å². The second-order valence-electron chi connectivity index (χ2n) is 5.67. The fourth-order valence-electron chi connectivity index (χ4n) is 2.34. The van der Waals surface area contributed by atoms with E-state index >= 15 is 0 Å². The molecule has 18 heavy (non-hydrogen) atoms. The highest BCUT2D eigenvalue weighted by Crippen LogP contribution is 2.15. The van der Waals surface area contributed by atoms with E-state index in [1.165, 1.54) is 6.39 Å². The largest absolute Gasteiger partial charge is 0.447 e. The van der Waals surface area contributed by atoms with E-state index in [0.29, 0.717) is 0 Å². The number of hydrogen-bond donors (Lipinski definition) is 1. The van der Waals surface area contributed by atoms with Gasteiger partial charge in [0.2, 0.25) is 0 Å². The van der Waals surface area contributed by atoms with Crippen LogP contribution in [0.15, 0.2) is 17.0 Å². The topological polar surface area (TPSA) is 44.5 Å². The van der Waals surface area contributed by atoms with E-state index in [-0.39, 0.29) is 5.54 Å². The third kappa shape index (κ3) is 3.54. The number of hydrogen-bond acceptors (Lipinski definition) is 5. The minimum Gasteiger partial charge on any atom is -0.447 e. The molecule has 5 heteroatoms. The molecule has 1 saturated heterocycles. The van der Waals surface area contributed by atoms with Gasteiger partial charge in [0.15, 0.2) is 6.39 Å². The maximum absolute atomic E-state index is 5.21. The van der Waals surface area contributed by atoms with Crippen LogP contribution in [0.1, 0.15) is 19.6 Å². The molecule has 1 N–H and O–H groups in total. The molecule has 1 aliphatic rings. The molecule has 0 unspecified atom stereocenters. The third-order valence-electron chi connectivity index (χ3n) is 3.70. The van der Waals surface area contributed by atoms with Crippen molar-refractivity contribution in [1.29, 1.82) is 0 Å². The van der Waals surface area contributed by atoms with Gasteiger partial charge in [-0.15, -0.1) is 0 Å². The summed E-state index contributed by atoms with van der Waals surface area (Å²) in [7, 11) is 2.19. The molecule has 1 aromatic heterocycles. The monoisotopic (exact) mass is 252 g/mol. The highest BCUT2D eigenvalue weighted by atomic mass is 16.3. The number of oxazole rings is 1. The van der Waals surface area contributed by atoms with Crippen molar-refractivity contribution in [1.82, 2.24) is 20.1 Å². The minimum absolute atomic E-state index is 0.182. The van der Waals surface area contributed by atoms with Gasteiger partial charge in [0.25, 0.3) is 0 Å². The molecule has 0 amide bonds. The predicted molar refractivity (Wildman–Crippen MR) is 71.4 cm³/mol. The highest BCUT2D eigenvalue weighted by Gasteiger charge is 2.28. The van der Waals surface area contributed by atoms with Crippen molar-refractivity contribution >= 4 is 0 Å². The normalized spacial score (nSPS) is 19.3. The summed E-state index contributed by atoms with van der Waals surface area (Å²) in [5.41, 5.74) is 0.182. The number of piperazine rings is 1. The predicted octanol–water partition coefficient (Wildman–Crippen LogP) is 0.790. The fourth-order valence-corrected chi connectivity index (χ4v) is 2.34. The first-order valence-electron chi connectivity index (χ1n) is 6.59. The molecule has 1 fully saturated rings. The summed E-state index contributed by atoms with van der Waals surface area (Å²) in [6.07, 6.45) is 3.23. The summed E-state index contributed by atoms with van der Waals surface area (Å²) in [6.45, 7) is 10.9. The zero-order valence-corrected chi connectivity index (χ0v) is 11.6. The summed E-state index contributed by atoms with van der Waals surface area (Å²) in [5, 5.41) is 3.45. The second kappa shape index (κ2) is 5.82. The first kappa shape index (κ1) is 13.5. The molecular formula is C13H24N4O. The van der Waals surface area contributed by atoms with Gasteiger partial charge in [0.1, 0.15) is 5.76 Å². The van der Waals surface area contributed by atoms with Crippen molar-refractivity contribution in [3.63, 3.8) is 0 Å². The van der Waals surface area contributed by atoms with Crippen molar-refractivity contribution in [3.05, 3.63) is 18.4 Å². The summed E-state index contributed by atoms with van der Waals surface area (Å²) >= 11 is 0. The SMILES string of the molecule is CN1CCN(C(C)(C)CNCc2cnco2)CC1. The highest BCUT2D eigenvalue weighted by molar-refractivity contribution is 4.91. The molecule has 2 heterocycles. The zero-order chi connectivity index (χ0) is 13.0. The lowest BCUT2D eigenvalue weighted by Crippen LogP contribution is -2.57. The molecule has 0 saturated carbocycles. The molecule has 0 atom stereocenters. The van der Waals surface area contributed by atoms with Gasteiger partial charge in [-0.25, -0.2) is 4.98 Å². The second-order valence-corrected chi connectivity index (χ2v) is 5.67. The van der Waals surface area contributed by atoms with Gasteiger partial charge in [-0.05, 0) is 20.9 Å². The Morgan fingerprint density at radius 1 is 1.33 bits per heavy atom. The van der Waals surface area contributed by atoms with Crippen LogP contribution in [0.3, 0.4) is 0 Å². The Morgan fingerprint density at radius 2 is 2.06 bits per heavy atom. The molecule has 1 aliphatic heterocycles. The van der Waals surface area contributed by atoms with Crippen LogP contribution in [0.4, 0.5) is 0 Å². The average molecular weight is 252 g/mol. The molecule has 2 rings (SSSR count). The molecule has 0 aromatic carbocycles. The van der Waals surface area contributed by atoms with Gasteiger partial charge in [0, 0.05) is 38.3 Å². The number of rotatable bonds is 5. The molecule has 0 spiro atoms. The van der Waals surface area contributed by atoms with Crippen molar-refractivity contribution in [2.45, 2.75) is 25.9 Å². The van der Waals surface area contributed by atoms with Crippen LogP contribution in [0, 0.1) is 0 Å². The lowest BCUT2D eigenvalue weighted by Gasteiger charge is -2.43. The molecule has 0 aliphatic carbocycles. The molecule has 0 radical (unpaired) electrons. The van der Waals surface area contributed by atoms with Gasteiger partial charge >= 0.3 is 0 Å². The van der Waals surface area contributed by atoms with E-state index < -0.39 is 0 Å². The first-order valence-corrected chi connectivity index (χ1v) is 6.59. The van der Waals surface area contributed by atoms with Crippen LogP contribution in [0.5, 0.6) is 0 Å². The van der Waals surface area contributed by atoms with Crippen molar-refractivity contribution in [2.75, 3.05) is 39.8 Å². The van der Waals surface area contributed by atoms with Crippen LogP contribution in [0.2, 0.25) is 0 Å². The van der Waals surface area contributed by atoms with Gasteiger partial charge in [-0.1, -0.05) is 0 Å². The standard InChI is InChI=1S/C13H24N4O/c1-13(2,17-6-4-16(3)5-7-17)10-14-8-12-9-15-11-18-12/h9,11,14H,4-8,10H2,1-3H3. The van der Waals surface area contributed by atoms with Crippen molar-refractivity contribution in [2.24, 2.45) is 0 Å². The van der Waals surface area contributed by atoms with Crippen LogP contribution in [-0.2, 0) is 6.54 Å². The van der Waals surface area contributed by atoms with Crippen molar-refractivity contribution < 1.29 is 4.42 Å². The Hall–Kier alpha value is -0.910. The van der Waals surface area contributed by atoms with E-state index in [2.05, 4.69) is 41.0 Å². The zero-order valence-electron chi connectivity index (χ0n) is 11.6. The number of nitrogens with one attached hydrogen (secondary N) is 1. The third-order valence-corrected chi connectivity index (χ3v) is 3.70. The van der Waals surface area contributed by atoms with E-state index in [9.17, 15) is 0 Å². The van der Waals surface area contributed by atoms with Gasteiger partial charge in [-0.3, -0.25) is 4.90 Å². The van der Waals surface area contributed by atoms with Crippen molar-refractivity contribution in [3.8, 4) is 0 Å². The number of nitrogens with zero attached hydrogens (tertiary/aromatic N) is 3. The lowest BCUT2D eigenvalue weighted by molar-refractivity contribution is 0.0615. The average Bonchev–Trinajstić information content (AvgIpc) is 2.82. The summed E-state index contributed by atoms with van der Waals surface area (Å²) < 4.78 is 5.21. The summed E-state index contributed by atoms with van der Waals surface area (Å²) in [4.78, 5) is 8.85. The van der Waals surface area contributed by atoms with E-state index in [4.69, 9.17) is 4.42 Å². The Morgan fingerprint density at radius 3 is 2.67 bits per heavy atom. The summed E-state index contributed by atoms with van der Waals surface area (Å²) in [5.74, 6) is 0.893. The van der Waals surface area contributed by atoms with E-state index in [1.54, 1.807) is 6.20 Å². The maximum Gasteiger partial charge on any atom is 0.180 e. The maximum atomic E-state index is 5.21. The van der Waals surface area contributed by atoms with E-state index in [1.807, 2.05) is 0 Å². The Kier molecular flexibility index (Phi) is 4.37. The Labute approximate surface area is 109 Å². The number of likely N-dealkylation sites (N-methyl/N-ethyl adjacent to an activating group) is 1. The van der Waals surface area contributed by atoms with Gasteiger partial charge in [-0.2, -0.15) is 0 Å². The van der Waals surface area contributed by atoms with Crippen LogP contribution in [-0.4, -0.2) is 60.1 Å². The van der Waals surface area contributed by atoms with Crippen LogP contribution >= 0.6 is 0 Å². The van der Waals surface area contributed by atoms with Crippen LogP contribution in [0.25, 0.3) is 0 Å². The smallest absolute Gasteiger partial charge is 0.180 e. The minimum atomic E-state index is 0.182. The van der Waals surface area contributed by atoms with E-state index in [0.717, 1.165) is 45.0 Å². The van der Waals surface area contributed by atoms with Gasteiger partial charge < -0.3 is 14.6 Å². The molecular weight excluding hydrogens is 228 g/mol. The molecule has 5 nitrogen and oxygen atoms in total. The Bertz CT molecular complexity index is 342. The Balaban J connectivity index is 1.76. The molecule has 1 aromatic rings. The lowest BCUT2D eigenvalue weighted by atomic mass is 10.0. The number of aromatic nitrogens is 1. The molecule has 102 valence electrons.